The quantitative estimate of drug-likeness (QED) is 0.764. The fraction of sp³-hybridized carbons (Fsp3) is 0.222. The first-order chi connectivity index (χ1) is 7.15. The molecule has 0 saturated heterocycles. The Labute approximate surface area is 99.9 Å². The van der Waals surface area contributed by atoms with E-state index in [2.05, 4.69) is 32.8 Å². The smallest absolute Gasteiger partial charge is 0.268 e. The minimum Gasteiger partial charge on any atom is -0.275 e. The van der Waals surface area contributed by atoms with E-state index in [1.807, 2.05) is 13.2 Å². The van der Waals surface area contributed by atoms with Gasteiger partial charge in [0.1, 0.15) is 0 Å². The van der Waals surface area contributed by atoms with Crippen molar-refractivity contribution in [1.29, 1.82) is 0 Å². The zero-order valence-corrected chi connectivity index (χ0v) is 10.2. The predicted octanol–water partition coefficient (Wildman–Crippen LogP) is 0.630. The minimum atomic E-state index is -0.0919. The summed E-state index contributed by atoms with van der Waals surface area (Å²) in [5.74, 6) is 0. The molecule has 0 unspecified atom stereocenters. The van der Waals surface area contributed by atoms with Gasteiger partial charge in [-0.1, -0.05) is 0 Å². The molecule has 0 aliphatic heterocycles. The summed E-state index contributed by atoms with van der Waals surface area (Å²) in [5, 5.41) is 8.07. The number of nitrogens with zero attached hydrogens (tertiary/aromatic N) is 4. The summed E-state index contributed by atoms with van der Waals surface area (Å²) < 4.78 is 3.96. The third-order valence-electron chi connectivity index (χ3n) is 1.93. The molecule has 5 nitrogen and oxygen atoms in total. The highest BCUT2D eigenvalue weighted by atomic mass is 127. The molecule has 2 aromatic heterocycles. The second kappa shape index (κ2) is 4.13. The van der Waals surface area contributed by atoms with E-state index < -0.39 is 0 Å². The third kappa shape index (κ3) is 2.44. The Kier molecular flexibility index (Phi) is 2.85. The molecule has 0 fully saturated rings. The molecule has 0 amide bonds. The topological polar surface area (TPSA) is 52.7 Å². The van der Waals surface area contributed by atoms with Crippen LogP contribution in [0.5, 0.6) is 0 Å². The molecule has 0 saturated carbocycles. The lowest BCUT2D eigenvalue weighted by Crippen LogP contribution is -2.22. The number of hydrogen-bond acceptors (Lipinski definition) is 3. The highest BCUT2D eigenvalue weighted by Gasteiger charge is 2.01. The zero-order valence-electron chi connectivity index (χ0n) is 8.09. The molecule has 78 valence electrons. The molecule has 0 radical (unpaired) electrons. The summed E-state index contributed by atoms with van der Waals surface area (Å²) in [6.07, 6.45) is 5.26. The Balaban J connectivity index is 2.28. The van der Waals surface area contributed by atoms with Crippen molar-refractivity contribution in [2.24, 2.45) is 7.05 Å². The molecular formula is C9H9IN4O. The average Bonchev–Trinajstić information content (AvgIpc) is 2.56. The predicted molar refractivity (Wildman–Crippen MR) is 63.5 cm³/mol. The lowest BCUT2D eigenvalue weighted by atomic mass is 10.3. The van der Waals surface area contributed by atoms with E-state index in [1.165, 1.54) is 4.68 Å². The van der Waals surface area contributed by atoms with Crippen LogP contribution in [-0.2, 0) is 13.6 Å². The Morgan fingerprint density at radius 1 is 1.40 bits per heavy atom. The Morgan fingerprint density at radius 3 is 2.80 bits per heavy atom. The molecule has 2 aromatic rings. The first-order valence-corrected chi connectivity index (χ1v) is 5.43. The van der Waals surface area contributed by atoms with Gasteiger partial charge in [-0.3, -0.25) is 9.48 Å². The van der Waals surface area contributed by atoms with E-state index in [0.717, 1.165) is 9.13 Å². The van der Waals surface area contributed by atoms with Crippen LogP contribution in [0.1, 0.15) is 5.56 Å². The molecule has 2 rings (SSSR count). The minimum absolute atomic E-state index is 0.0919. The highest BCUT2D eigenvalue weighted by molar-refractivity contribution is 14.1. The van der Waals surface area contributed by atoms with Crippen molar-refractivity contribution in [1.82, 2.24) is 19.6 Å². The Morgan fingerprint density at radius 2 is 2.20 bits per heavy atom. The molecular weight excluding hydrogens is 307 g/mol. The maximum Gasteiger partial charge on any atom is 0.268 e. The molecule has 15 heavy (non-hydrogen) atoms. The van der Waals surface area contributed by atoms with Crippen LogP contribution in [0, 0.1) is 3.57 Å². The van der Waals surface area contributed by atoms with Gasteiger partial charge in [0, 0.05) is 28.4 Å². The van der Waals surface area contributed by atoms with Gasteiger partial charge >= 0.3 is 0 Å². The summed E-state index contributed by atoms with van der Waals surface area (Å²) in [6.45, 7) is 0.462. The van der Waals surface area contributed by atoms with E-state index >= 15 is 0 Å². The summed E-state index contributed by atoms with van der Waals surface area (Å²) in [4.78, 5) is 11.5. The number of hydrogen-bond donors (Lipinski definition) is 0. The van der Waals surface area contributed by atoms with Crippen LogP contribution in [-0.4, -0.2) is 19.6 Å². The second-order valence-electron chi connectivity index (χ2n) is 3.19. The van der Waals surface area contributed by atoms with E-state index in [0.29, 0.717) is 6.54 Å². The van der Waals surface area contributed by atoms with Crippen LogP contribution < -0.4 is 5.56 Å². The van der Waals surface area contributed by atoms with Gasteiger partial charge in [0.25, 0.3) is 5.56 Å². The number of aryl methyl sites for hydroxylation is 1. The van der Waals surface area contributed by atoms with Crippen LogP contribution in [0.15, 0.2) is 29.5 Å². The first-order valence-electron chi connectivity index (χ1n) is 4.35. The van der Waals surface area contributed by atoms with Crippen molar-refractivity contribution >= 4 is 22.6 Å². The van der Waals surface area contributed by atoms with Crippen LogP contribution in [0.3, 0.4) is 0 Å². The van der Waals surface area contributed by atoms with Crippen molar-refractivity contribution < 1.29 is 0 Å². The largest absolute Gasteiger partial charge is 0.275 e. The summed E-state index contributed by atoms with van der Waals surface area (Å²) >= 11 is 2.06. The fourth-order valence-corrected chi connectivity index (χ4v) is 1.65. The van der Waals surface area contributed by atoms with Crippen molar-refractivity contribution in [2.75, 3.05) is 0 Å². The highest BCUT2D eigenvalue weighted by Crippen LogP contribution is 1.99. The average molecular weight is 316 g/mol. The molecule has 0 aliphatic carbocycles. The first kappa shape index (κ1) is 10.3. The van der Waals surface area contributed by atoms with E-state index in [9.17, 15) is 4.79 Å². The molecule has 0 bridgehead atoms. The van der Waals surface area contributed by atoms with Crippen molar-refractivity contribution in [3.63, 3.8) is 0 Å². The number of rotatable bonds is 2. The van der Waals surface area contributed by atoms with Gasteiger partial charge in [0.2, 0.25) is 0 Å². The maximum atomic E-state index is 11.5. The van der Waals surface area contributed by atoms with E-state index in [-0.39, 0.29) is 5.56 Å². The van der Waals surface area contributed by atoms with Gasteiger partial charge in [0.15, 0.2) is 0 Å². The summed E-state index contributed by atoms with van der Waals surface area (Å²) in [5.41, 5.74) is 0.874. The fourth-order valence-electron chi connectivity index (χ4n) is 1.26. The molecule has 0 atom stereocenters. The van der Waals surface area contributed by atoms with Gasteiger partial charge in [-0.2, -0.15) is 10.2 Å². The van der Waals surface area contributed by atoms with Crippen LogP contribution in [0.4, 0.5) is 0 Å². The van der Waals surface area contributed by atoms with E-state index in [1.54, 1.807) is 23.1 Å². The van der Waals surface area contributed by atoms with Gasteiger partial charge in [-0.05, 0) is 22.6 Å². The maximum absolute atomic E-state index is 11.5. The molecule has 0 aromatic carbocycles. The lowest BCUT2D eigenvalue weighted by molar-refractivity contribution is 0.636. The van der Waals surface area contributed by atoms with Crippen LogP contribution in [0.2, 0.25) is 0 Å². The zero-order chi connectivity index (χ0) is 10.8. The van der Waals surface area contributed by atoms with Crippen molar-refractivity contribution in [3.8, 4) is 0 Å². The standard InChI is InChI=1S/C9H9IN4O/c1-13-5-7(3-11-13)6-14-9(15)2-8(10)4-12-14/h2-5H,6H2,1H3. The normalized spacial score (nSPS) is 10.5. The summed E-state index contributed by atoms with van der Waals surface area (Å²) in [6, 6.07) is 1.56. The monoisotopic (exact) mass is 316 g/mol. The third-order valence-corrected chi connectivity index (χ3v) is 2.52. The van der Waals surface area contributed by atoms with Gasteiger partial charge in [-0.15, -0.1) is 0 Å². The summed E-state index contributed by atoms with van der Waals surface area (Å²) in [7, 11) is 1.84. The van der Waals surface area contributed by atoms with Gasteiger partial charge in [0.05, 0.1) is 18.9 Å². The van der Waals surface area contributed by atoms with Crippen molar-refractivity contribution in [3.05, 3.63) is 44.1 Å². The molecule has 0 aliphatic rings. The Bertz CT molecular complexity index is 531. The van der Waals surface area contributed by atoms with Crippen LogP contribution >= 0.6 is 22.6 Å². The van der Waals surface area contributed by atoms with Gasteiger partial charge in [-0.25, -0.2) is 4.68 Å². The molecule has 2 heterocycles. The second-order valence-corrected chi connectivity index (χ2v) is 4.44. The van der Waals surface area contributed by atoms with Crippen molar-refractivity contribution in [2.45, 2.75) is 6.54 Å². The van der Waals surface area contributed by atoms with Crippen LogP contribution in [0.25, 0.3) is 0 Å². The Hall–Kier alpha value is -1.18. The molecule has 0 N–H and O–H groups in total. The number of halogens is 1. The van der Waals surface area contributed by atoms with E-state index in [4.69, 9.17) is 0 Å². The lowest BCUT2D eigenvalue weighted by Gasteiger charge is -2.00. The van der Waals surface area contributed by atoms with Gasteiger partial charge < -0.3 is 0 Å². The molecule has 0 spiro atoms. The SMILES string of the molecule is Cn1cc(Cn2ncc(I)cc2=O)cn1. The molecule has 6 heteroatoms. The number of aromatic nitrogens is 4.